The molecule has 0 saturated heterocycles. The van der Waals surface area contributed by atoms with Gasteiger partial charge < -0.3 is 0 Å². The van der Waals surface area contributed by atoms with Crippen LogP contribution in [0.2, 0.25) is 0 Å². The first kappa shape index (κ1) is 13.4. The van der Waals surface area contributed by atoms with Crippen molar-refractivity contribution in [2.75, 3.05) is 12.9 Å². The molecule has 0 spiro atoms. The Kier molecular flexibility index (Phi) is 3.94. The molecule has 0 fully saturated rings. The van der Waals surface area contributed by atoms with Gasteiger partial charge >= 0.3 is 0 Å². The summed E-state index contributed by atoms with van der Waals surface area (Å²) in [5.41, 5.74) is 1.37. The number of rotatable bonds is 4. The van der Waals surface area contributed by atoms with E-state index in [2.05, 4.69) is 68.3 Å². The van der Waals surface area contributed by atoms with Crippen molar-refractivity contribution >= 4 is 22.4 Å². The molecule has 0 aliphatic rings. The summed E-state index contributed by atoms with van der Waals surface area (Å²) in [6.07, 6.45) is 0. The van der Waals surface area contributed by atoms with Crippen LogP contribution < -0.4 is 0 Å². The van der Waals surface area contributed by atoms with Crippen molar-refractivity contribution in [2.45, 2.75) is 25.9 Å². The highest BCUT2D eigenvalue weighted by Crippen LogP contribution is 2.23. The van der Waals surface area contributed by atoms with Gasteiger partial charge in [-0.3, -0.25) is 4.90 Å². The van der Waals surface area contributed by atoms with Gasteiger partial charge in [-0.25, -0.2) is 0 Å². The number of benzene rings is 2. The Morgan fingerprint density at radius 2 is 1.72 bits per heavy atom. The zero-order valence-electron chi connectivity index (χ0n) is 11.3. The predicted molar refractivity (Wildman–Crippen MR) is 80.2 cm³/mol. The molecule has 1 nitrogen and oxygen atoms in total. The molecular weight excluding hydrogens is 242 g/mol. The Bertz CT molecular complexity index is 528. The Hall–Kier alpha value is -1.05. The second-order valence-electron chi connectivity index (χ2n) is 5.44. The van der Waals surface area contributed by atoms with E-state index in [0.29, 0.717) is 5.88 Å². The van der Waals surface area contributed by atoms with Gasteiger partial charge in [0.25, 0.3) is 0 Å². The maximum absolute atomic E-state index is 6.03. The summed E-state index contributed by atoms with van der Waals surface area (Å²) < 4.78 is 0. The molecule has 0 aliphatic heterocycles. The third-order valence-corrected chi connectivity index (χ3v) is 4.30. The number of fused-ring (bicyclic) bond motifs is 1. The van der Waals surface area contributed by atoms with Crippen LogP contribution >= 0.6 is 11.6 Å². The van der Waals surface area contributed by atoms with E-state index in [9.17, 15) is 0 Å². The summed E-state index contributed by atoms with van der Waals surface area (Å²) >= 11 is 6.03. The average Bonchev–Trinajstić information content (AvgIpc) is 2.39. The molecule has 0 bridgehead atoms. The van der Waals surface area contributed by atoms with Gasteiger partial charge in [-0.05, 0) is 37.2 Å². The topological polar surface area (TPSA) is 3.24 Å². The van der Waals surface area contributed by atoms with Crippen LogP contribution in [0.25, 0.3) is 10.8 Å². The number of halogens is 1. The van der Waals surface area contributed by atoms with E-state index < -0.39 is 0 Å². The SMILES string of the molecule is CN(Cc1cccc2ccccc12)C(C)(C)CCl. The van der Waals surface area contributed by atoms with E-state index in [1.165, 1.54) is 16.3 Å². The summed E-state index contributed by atoms with van der Waals surface area (Å²) in [6.45, 7) is 5.26. The van der Waals surface area contributed by atoms with Crippen molar-refractivity contribution < 1.29 is 0 Å². The van der Waals surface area contributed by atoms with E-state index >= 15 is 0 Å². The van der Waals surface area contributed by atoms with Crippen LogP contribution in [0.5, 0.6) is 0 Å². The highest BCUT2D eigenvalue weighted by Gasteiger charge is 2.22. The molecule has 2 heteroatoms. The first-order valence-corrected chi connectivity index (χ1v) is 6.82. The lowest BCUT2D eigenvalue weighted by atomic mass is 10.0. The van der Waals surface area contributed by atoms with Gasteiger partial charge in [0.1, 0.15) is 0 Å². The molecule has 0 saturated carbocycles. The molecule has 0 unspecified atom stereocenters. The van der Waals surface area contributed by atoms with Crippen molar-refractivity contribution in [1.29, 1.82) is 0 Å². The van der Waals surface area contributed by atoms with Crippen LogP contribution in [0.4, 0.5) is 0 Å². The minimum atomic E-state index is 0.0124. The highest BCUT2D eigenvalue weighted by atomic mass is 35.5. The van der Waals surface area contributed by atoms with Crippen LogP contribution in [0.1, 0.15) is 19.4 Å². The van der Waals surface area contributed by atoms with E-state index in [-0.39, 0.29) is 5.54 Å². The molecule has 0 atom stereocenters. The summed E-state index contributed by atoms with van der Waals surface area (Å²) in [7, 11) is 2.13. The number of nitrogens with zero attached hydrogens (tertiary/aromatic N) is 1. The van der Waals surface area contributed by atoms with Crippen LogP contribution in [-0.4, -0.2) is 23.4 Å². The number of hydrogen-bond acceptors (Lipinski definition) is 1. The molecular formula is C16H20ClN. The van der Waals surface area contributed by atoms with E-state index in [4.69, 9.17) is 11.6 Å². The van der Waals surface area contributed by atoms with E-state index in [1.807, 2.05) is 0 Å². The van der Waals surface area contributed by atoms with Gasteiger partial charge in [-0.2, -0.15) is 0 Å². The average molecular weight is 262 g/mol. The predicted octanol–water partition coefficient (Wildman–Crippen LogP) is 4.29. The zero-order valence-corrected chi connectivity index (χ0v) is 12.0. The Morgan fingerprint density at radius 3 is 2.44 bits per heavy atom. The van der Waals surface area contributed by atoms with Crippen molar-refractivity contribution in [2.24, 2.45) is 0 Å². The van der Waals surface area contributed by atoms with Gasteiger partial charge in [0, 0.05) is 18.0 Å². The van der Waals surface area contributed by atoms with Crippen LogP contribution in [0, 0.1) is 0 Å². The largest absolute Gasteiger partial charge is 0.296 e. The maximum Gasteiger partial charge on any atom is 0.0402 e. The quantitative estimate of drug-likeness (QED) is 0.742. The van der Waals surface area contributed by atoms with Crippen LogP contribution in [-0.2, 0) is 6.54 Å². The van der Waals surface area contributed by atoms with Crippen LogP contribution in [0.3, 0.4) is 0 Å². The van der Waals surface area contributed by atoms with Crippen molar-refractivity contribution in [1.82, 2.24) is 4.90 Å². The maximum atomic E-state index is 6.03. The first-order chi connectivity index (χ1) is 8.54. The Morgan fingerprint density at radius 1 is 1.06 bits per heavy atom. The van der Waals surface area contributed by atoms with Gasteiger partial charge in [0.15, 0.2) is 0 Å². The smallest absolute Gasteiger partial charge is 0.0402 e. The van der Waals surface area contributed by atoms with Crippen molar-refractivity contribution in [3.05, 3.63) is 48.0 Å². The third kappa shape index (κ3) is 2.68. The van der Waals surface area contributed by atoms with Gasteiger partial charge in [-0.15, -0.1) is 11.6 Å². The highest BCUT2D eigenvalue weighted by molar-refractivity contribution is 6.18. The molecule has 2 rings (SSSR count). The summed E-state index contributed by atoms with van der Waals surface area (Å²) in [6, 6.07) is 15.0. The van der Waals surface area contributed by atoms with Gasteiger partial charge in [0.05, 0.1) is 0 Å². The fourth-order valence-corrected chi connectivity index (χ4v) is 2.21. The fraction of sp³-hybridized carbons (Fsp3) is 0.375. The normalized spacial score (nSPS) is 12.3. The lowest BCUT2D eigenvalue weighted by Crippen LogP contribution is -2.42. The standard InChI is InChI=1S/C16H20ClN/c1-16(2,12-17)18(3)11-14-9-6-8-13-7-4-5-10-15(13)14/h4-10H,11-12H2,1-3H3. The summed E-state index contributed by atoms with van der Waals surface area (Å²) in [5.74, 6) is 0.633. The number of alkyl halides is 1. The van der Waals surface area contributed by atoms with Gasteiger partial charge in [0.2, 0.25) is 0 Å². The van der Waals surface area contributed by atoms with Gasteiger partial charge in [-0.1, -0.05) is 42.5 Å². The molecule has 0 amide bonds. The van der Waals surface area contributed by atoms with Crippen LogP contribution in [0.15, 0.2) is 42.5 Å². The third-order valence-electron chi connectivity index (χ3n) is 3.65. The van der Waals surface area contributed by atoms with Crippen molar-refractivity contribution in [3.8, 4) is 0 Å². The minimum absolute atomic E-state index is 0.0124. The second-order valence-corrected chi connectivity index (χ2v) is 5.71. The van der Waals surface area contributed by atoms with E-state index in [0.717, 1.165) is 6.54 Å². The lowest BCUT2D eigenvalue weighted by molar-refractivity contribution is 0.171. The lowest BCUT2D eigenvalue weighted by Gasteiger charge is -2.34. The molecule has 2 aromatic rings. The van der Waals surface area contributed by atoms with E-state index in [1.54, 1.807) is 0 Å². The molecule has 0 aromatic heterocycles. The van der Waals surface area contributed by atoms with Crippen molar-refractivity contribution in [3.63, 3.8) is 0 Å². The monoisotopic (exact) mass is 261 g/mol. The molecule has 96 valence electrons. The minimum Gasteiger partial charge on any atom is -0.296 e. The fourth-order valence-electron chi connectivity index (χ4n) is 2.00. The number of hydrogen-bond donors (Lipinski definition) is 0. The molecule has 18 heavy (non-hydrogen) atoms. The molecule has 0 heterocycles. The first-order valence-electron chi connectivity index (χ1n) is 6.28. The summed E-state index contributed by atoms with van der Waals surface area (Å²) in [4.78, 5) is 2.31. The molecule has 0 N–H and O–H groups in total. The molecule has 2 aromatic carbocycles. The Balaban J connectivity index is 2.32. The zero-order chi connectivity index (χ0) is 13.2. The Labute approximate surface area is 114 Å². The molecule has 0 radical (unpaired) electrons. The second kappa shape index (κ2) is 5.29. The molecule has 0 aliphatic carbocycles. The summed E-state index contributed by atoms with van der Waals surface area (Å²) in [5, 5.41) is 2.63.